The molecule has 3 heterocycles. The lowest BCUT2D eigenvalue weighted by atomic mass is 10.2. The fourth-order valence-electron chi connectivity index (χ4n) is 1.62. The summed E-state index contributed by atoms with van der Waals surface area (Å²) in [7, 11) is 0. The van der Waals surface area contributed by atoms with Crippen LogP contribution in [0.5, 0.6) is 0 Å². The SMILES string of the molecule is Cc1ccnc2c1ncc1[nH]c(=O)oc12. The van der Waals surface area contributed by atoms with Gasteiger partial charge < -0.3 is 4.42 Å². The van der Waals surface area contributed by atoms with Crippen molar-refractivity contribution in [2.75, 3.05) is 0 Å². The van der Waals surface area contributed by atoms with Crippen LogP contribution >= 0.6 is 0 Å². The molecule has 0 bridgehead atoms. The number of hydrogen-bond acceptors (Lipinski definition) is 4. The topological polar surface area (TPSA) is 71.8 Å². The number of oxazole rings is 1. The Morgan fingerprint density at radius 2 is 2.20 bits per heavy atom. The molecule has 3 aromatic heterocycles. The zero-order valence-corrected chi connectivity index (χ0v) is 7.94. The normalized spacial score (nSPS) is 11.3. The predicted octanol–water partition coefficient (Wildman–Crippen LogP) is 1.37. The molecule has 1 N–H and O–H groups in total. The van der Waals surface area contributed by atoms with Crippen molar-refractivity contribution in [3.63, 3.8) is 0 Å². The van der Waals surface area contributed by atoms with E-state index in [1.165, 1.54) is 0 Å². The maximum Gasteiger partial charge on any atom is 0.417 e. The van der Waals surface area contributed by atoms with Gasteiger partial charge in [-0.1, -0.05) is 0 Å². The molecule has 15 heavy (non-hydrogen) atoms. The van der Waals surface area contributed by atoms with Gasteiger partial charge in [0.15, 0.2) is 5.58 Å². The van der Waals surface area contributed by atoms with E-state index in [2.05, 4.69) is 15.0 Å². The molecule has 0 unspecified atom stereocenters. The van der Waals surface area contributed by atoms with E-state index < -0.39 is 5.76 Å². The number of aromatic amines is 1. The molecule has 0 amide bonds. The Labute approximate surface area is 83.8 Å². The van der Waals surface area contributed by atoms with Crippen molar-refractivity contribution < 1.29 is 4.42 Å². The maximum atomic E-state index is 11.0. The second-order valence-electron chi connectivity index (χ2n) is 3.34. The second kappa shape index (κ2) is 2.66. The number of nitrogens with one attached hydrogen (secondary N) is 1. The Morgan fingerprint density at radius 1 is 1.33 bits per heavy atom. The maximum absolute atomic E-state index is 11.0. The summed E-state index contributed by atoms with van der Waals surface area (Å²) < 4.78 is 5.02. The first-order valence-electron chi connectivity index (χ1n) is 4.49. The molecule has 0 spiro atoms. The molecular weight excluding hydrogens is 194 g/mol. The third kappa shape index (κ3) is 1.06. The lowest BCUT2D eigenvalue weighted by Crippen LogP contribution is -1.92. The van der Waals surface area contributed by atoms with Crippen molar-refractivity contribution in [3.8, 4) is 0 Å². The third-order valence-electron chi connectivity index (χ3n) is 2.34. The van der Waals surface area contributed by atoms with E-state index in [1.807, 2.05) is 13.0 Å². The smallest absolute Gasteiger partial charge is 0.405 e. The van der Waals surface area contributed by atoms with Gasteiger partial charge >= 0.3 is 5.76 Å². The molecule has 0 radical (unpaired) electrons. The molecule has 0 saturated heterocycles. The number of pyridine rings is 2. The average molecular weight is 201 g/mol. The van der Waals surface area contributed by atoms with E-state index in [0.29, 0.717) is 16.6 Å². The van der Waals surface area contributed by atoms with E-state index in [0.717, 1.165) is 11.1 Å². The average Bonchev–Trinajstić information content (AvgIpc) is 2.59. The van der Waals surface area contributed by atoms with Crippen molar-refractivity contribution in [3.05, 3.63) is 34.6 Å². The van der Waals surface area contributed by atoms with Crippen LogP contribution in [-0.4, -0.2) is 15.0 Å². The highest BCUT2D eigenvalue weighted by Crippen LogP contribution is 2.20. The zero-order valence-electron chi connectivity index (χ0n) is 7.94. The highest BCUT2D eigenvalue weighted by molar-refractivity contribution is 5.98. The molecule has 3 rings (SSSR count). The number of H-pyrrole nitrogens is 1. The second-order valence-corrected chi connectivity index (χ2v) is 3.34. The predicted molar refractivity (Wildman–Crippen MR) is 54.7 cm³/mol. The number of aryl methyl sites for hydroxylation is 1. The first kappa shape index (κ1) is 8.16. The summed E-state index contributed by atoms with van der Waals surface area (Å²) >= 11 is 0. The monoisotopic (exact) mass is 201 g/mol. The lowest BCUT2D eigenvalue weighted by Gasteiger charge is -1.98. The van der Waals surface area contributed by atoms with E-state index in [1.54, 1.807) is 12.4 Å². The summed E-state index contributed by atoms with van der Waals surface area (Å²) in [6.45, 7) is 1.94. The molecule has 74 valence electrons. The van der Waals surface area contributed by atoms with Crippen LogP contribution in [0.15, 0.2) is 27.7 Å². The van der Waals surface area contributed by atoms with Gasteiger partial charge in [0, 0.05) is 6.20 Å². The van der Waals surface area contributed by atoms with Crippen molar-refractivity contribution in [1.29, 1.82) is 0 Å². The highest BCUT2D eigenvalue weighted by Gasteiger charge is 2.09. The van der Waals surface area contributed by atoms with Crippen LogP contribution < -0.4 is 5.76 Å². The van der Waals surface area contributed by atoms with Gasteiger partial charge in [0.25, 0.3) is 0 Å². The van der Waals surface area contributed by atoms with E-state index in [-0.39, 0.29) is 0 Å². The Kier molecular flexibility index (Phi) is 1.45. The first-order valence-corrected chi connectivity index (χ1v) is 4.49. The number of rotatable bonds is 0. The molecule has 5 nitrogen and oxygen atoms in total. The summed E-state index contributed by atoms with van der Waals surface area (Å²) in [4.78, 5) is 22.0. The van der Waals surface area contributed by atoms with Crippen molar-refractivity contribution >= 4 is 22.1 Å². The van der Waals surface area contributed by atoms with Crippen molar-refractivity contribution in [1.82, 2.24) is 15.0 Å². The minimum Gasteiger partial charge on any atom is -0.405 e. The molecule has 0 aromatic carbocycles. The van der Waals surface area contributed by atoms with Gasteiger partial charge in [0.2, 0.25) is 0 Å². The van der Waals surface area contributed by atoms with E-state index in [9.17, 15) is 4.79 Å². The molecule has 0 saturated carbocycles. The molecule has 0 aliphatic rings. The van der Waals surface area contributed by atoms with E-state index in [4.69, 9.17) is 4.42 Å². The van der Waals surface area contributed by atoms with Crippen LogP contribution in [0.25, 0.3) is 22.1 Å². The van der Waals surface area contributed by atoms with Crippen LogP contribution in [0.2, 0.25) is 0 Å². The Morgan fingerprint density at radius 3 is 3.07 bits per heavy atom. The summed E-state index contributed by atoms with van der Waals surface area (Å²) in [5.74, 6) is -0.484. The molecule has 3 aromatic rings. The van der Waals surface area contributed by atoms with Crippen LogP contribution in [0.4, 0.5) is 0 Å². The Bertz CT molecular complexity index is 711. The van der Waals surface area contributed by atoms with Gasteiger partial charge in [-0.25, -0.2) is 4.79 Å². The molecule has 5 heteroatoms. The molecule has 0 fully saturated rings. The summed E-state index contributed by atoms with van der Waals surface area (Å²) in [6.07, 6.45) is 3.25. The van der Waals surface area contributed by atoms with Gasteiger partial charge in [-0.15, -0.1) is 0 Å². The standard InChI is InChI=1S/C10H7N3O2/c1-5-2-3-11-8-7(5)12-4-6-9(8)15-10(14)13-6/h2-4H,1H3,(H,13,14). The van der Waals surface area contributed by atoms with Crippen LogP contribution in [0.3, 0.4) is 0 Å². The number of nitrogens with zero attached hydrogens (tertiary/aromatic N) is 2. The van der Waals surface area contributed by atoms with Crippen LogP contribution in [0.1, 0.15) is 5.56 Å². The number of hydrogen-bond donors (Lipinski definition) is 1. The fraction of sp³-hybridized carbons (Fsp3) is 0.100. The van der Waals surface area contributed by atoms with Gasteiger partial charge in [0.05, 0.1) is 11.7 Å². The summed E-state index contributed by atoms with van der Waals surface area (Å²) in [5.41, 5.74) is 3.42. The summed E-state index contributed by atoms with van der Waals surface area (Å²) in [6, 6.07) is 1.87. The number of fused-ring (bicyclic) bond motifs is 3. The lowest BCUT2D eigenvalue weighted by molar-refractivity contribution is 0.557. The molecule has 0 aliphatic heterocycles. The minimum absolute atomic E-state index is 0.466. The van der Waals surface area contributed by atoms with Gasteiger partial charge in [0.1, 0.15) is 11.0 Å². The van der Waals surface area contributed by atoms with Gasteiger partial charge in [-0.05, 0) is 18.6 Å². The minimum atomic E-state index is -0.484. The zero-order chi connectivity index (χ0) is 10.4. The quantitative estimate of drug-likeness (QED) is 0.596. The van der Waals surface area contributed by atoms with E-state index >= 15 is 0 Å². The molecular formula is C10H7N3O2. The van der Waals surface area contributed by atoms with Gasteiger partial charge in [-0.3, -0.25) is 15.0 Å². The number of aromatic nitrogens is 3. The largest absolute Gasteiger partial charge is 0.417 e. The third-order valence-corrected chi connectivity index (χ3v) is 2.34. The Hall–Kier alpha value is -2.17. The van der Waals surface area contributed by atoms with Crippen LogP contribution in [0, 0.1) is 6.92 Å². The first-order chi connectivity index (χ1) is 7.25. The Balaban J connectivity index is 2.65. The molecule has 0 atom stereocenters. The van der Waals surface area contributed by atoms with Crippen molar-refractivity contribution in [2.24, 2.45) is 0 Å². The fourth-order valence-corrected chi connectivity index (χ4v) is 1.62. The molecule has 0 aliphatic carbocycles. The van der Waals surface area contributed by atoms with Crippen LogP contribution in [-0.2, 0) is 0 Å². The summed E-state index contributed by atoms with van der Waals surface area (Å²) in [5, 5.41) is 0. The van der Waals surface area contributed by atoms with Crippen molar-refractivity contribution in [2.45, 2.75) is 6.92 Å². The van der Waals surface area contributed by atoms with Gasteiger partial charge in [-0.2, -0.15) is 0 Å². The highest BCUT2D eigenvalue weighted by atomic mass is 16.4.